The van der Waals surface area contributed by atoms with E-state index >= 15 is 0 Å². The molecule has 3 heteroatoms. The third-order valence-corrected chi connectivity index (χ3v) is 2.58. The fourth-order valence-corrected chi connectivity index (χ4v) is 1.68. The minimum atomic E-state index is -0.762. The molecule has 1 N–H and O–H groups in total. The van der Waals surface area contributed by atoms with Crippen molar-refractivity contribution < 1.29 is 14.6 Å². The molecule has 17 heavy (non-hydrogen) atoms. The van der Waals surface area contributed by atoms with Crippen LogP contribution in [0.5, 0.6) is 5.75 Å². The van der Waals surface area contributed by atoms with Crippen LogP contribution in [-0.4, -0.2) is 17.2 Å². The van der Waals surface area contributed by atoms with Crippen LogP contribution in [0.15, 0.2) is 24.3 Å². The molecule has 3 nitrogen and oxygen atoms in total. The molecule has 0 aliphatic carbocycles. The number of carboxylic acids is 1. The number of aliphatic carboxylic acids is 1. The van der Waals surface area contributed by atoms with Crippen LogP contribution in [0.25, 0.3) is 0 Å². The summed E-state index contributed by atoms with van der Waals surface area (Å²) in [5.41, 5.74) is 1.03. The third-order valence-electron chi connectivity index (χ3n) is 2.58. The highest BCUT2D eigenvalue weighted by Crippen LogP contribution is 2.16. The summed E-state index contributed by atoms with van der Waals surface area (Å²) in [6.45, 7) is 4.19. The van der Waals surface area contributed by atoms with Gasteiger partial charge in [0.15, 0.2) is 0 Å². The van der Waals surface area contributed by atoms with Crippen LogP contribution in [0.1, 0.15) is 38.7 Å². The van der Waals surface area contributed by atoms with Gasteiger partial charge in [-0.05, 0) is 37.5 Å². The predicted octanol–water partition coefficient (Wildman–Crippen LogP) is 3.27. The molecule has 1 rings (SSSR count). The Hall–Kier alpha value is -1.51. The highest BCUT2D eigenvalue weighted by Gasteiger charge is 2.03. The zero-order chi connectivity index (χ0) is 12.7. The summed E-state index contributed by atoms with van der Waals surface area (Å²) in [5, 5.41) is 8.58. The van der Waals surface area contributed by atoms with Gasteiger partial charge in [0.25, 0.3) is 0 Å². The summed E-state index contributed by atoms with van der Waals surface area (Å²) in [4.78, 5) is 10.4. The summed E-state index contributed by atoms with van der Waals surface area (Å²) in [6, 6.07) is 7.67. The van der Waals surface area contributed by atoms with Gasteiger partial charge in [-0.1, -0.05) is 25.5 Å². The first-order valence-corrected chi connectivity index (χ1v) is 6.09. The molecular weight excluding hydrogens is 216 g/mol. The van der Waals surface area contributed by atoms with E-state index in [1.807, 2.05) is 24.3 Å². The number of aryl methyl sites for hydroxylation is 1. The Morgan fingerprint density at radius 1 is 1.35 bits per heavy atom. The number of hydrogen-bond donors (Lipinski definition) is 1. The van der Waals surface area contributed by atoms with Crippen molar-refractivity contribution in [1.82, 2.24) is 0 Å². The van der Waals surface area contributed by atoms with Crippen molar-refractivity contribution in [2.45, 2.75) is 45.6 Å². The van der Waals surface area contributed by atoms with E-state index in [1.54, 1.807) is 0 Å². The van der Waals surface area contributed by atoms with Gasteiger partial charge in [-0.25, -0.2) is 0 Å². The van der Waals surface area contributed by atoms with E-state index in [1.165, 1.54) is 0 Å². The van der Waals surface area contributed by atoms with Gasteiger partial charge in [-0.3, -0.25) is 4.79 Å². The van der Waals surface area contributed by atoms with E-state index in [-0.39, 0.29) is 12.5 Å². The molecule has 1 aromatic rings. The molecule has 1 aromatic carbocycles. The van der Waals surface area contributed by atoms with E-state index in [4.69, 9.17) is 9.84 Å². The third kappa shape index (κ3) is 5.38. The molecule has 0 unspecified atom stereocenters. The van der Waals surface area contributed by atoms with Crippen molar-refractivity contribution >= 4 is 5.97 Å². The number of rotatable bonds is 7. The van der Waals surface area contributed by atoms with E-state index < -0.39 is 5.97 Å². The van der Waals surface area contributed by atoms with E-state index in [2.05, 4.69) is 13.8 Å². The van der Waals surface area contributed by atoms with Gasteiger partial charge in [0.05, 0.1) is 6.10 Å². The first kappa shape index (κ1) is 13.6. The van der Waals surface area contributed by atoms with E-state index in [0.29, 0.717) is 6.42 Å². The highest BCUT2D eigenvalue weighted by molar-refractivity contribution is 5.67. The summed E-state index contributed by atoms with van der Waals surface area (Å²) in [5.74, 6) is 0.0897. The predicted molar refractivity (Wildman–Crippen MR) is 67.4 cm³/mol. The molecule has 0 heterocycles. The van der Waals surface area contributed by atoms with Crippen LogP contribution < -0.4 is 4.74 Å². The first-order valence-electron chi connectivity index (χ1n) is 6.09. The number of ether oxygens (including phenoxy) is 1. The van der Waals surface area contributed by atoms with Crippen LogP contribution in [-0.2, 0) is 11.2 Å². The van der Waals surface area contributed by atoms with Gasteiger partial charge >= 0.3 is 5.97 Å². The Morgan fingerprint density at radius 3 is 2.53 bits per heavy atom. The molecule has 0 aliphatic heterocycles. The lowest BCUT2D eigenvalue weighted by Crippen LogP contribution is -2.10. The van der Waals surface area contributed by atoms with Crippen molar-refractivity contribution in [1.29, 1.82) is 0 Å². The average Bonchev–Trinajstić information content (AvgIpc) is 2.28. The standard InChI is InChI=1S/C14H20O3/c1-3-4-11(2)17-13-8-5-12(6-9-13)7-10-14(15)16/h5-6,8-9,11H,3-4,7,10H2,1-2H3,(H,15,16)/t11-/m1/s1. The second kappa shape index (κ2) is 6.94. The summed E-state index contributed by atoms with van der Waals surface area (Å²) < 4.78 is 5.72. The van der Waals surface area contributed by atoms with Crippen LogP contribution in [0.3, 0.4) is 0 Å². The zero-order valence-corrected chi connectivity index (χ0v) is 10.5. The lowest BCUT2D eigenvalue weighted by Gasteiger charge is -2.13. The molecular formula is C14H20O3. The first-order chi connectivity index (χ1) is 8.11. The van der Waals surface area contributed by atoms with Gasteiger partial charge in [-0.15, -0.1) is 0 Å². The Morgan fingerprint density at radius 2 is 2.00 bits per heavy atom. The highest BCUT2D eigenvalue weighted by atomic mass is 16.5. The van der Waals surface area contributed by atoms with Gasteiger partial charge in [0.2, 0.25) is 0 Å². The SMILES string of the molecule is CCC[C@@H](C)Oc1ccc(CCC(=O)O)cc1. The maximum absolute atomic E-state index is 10.4. The van der Waals surface area contributed by atoms with Crippen LogP contribution in [0.4, 0.5) is 0 Å². The van der Waals surface area contributed by atoms with Crippen LogP contribution in [0, 0.1) is 0 Å². The van der Waals surface area contributed by atoms with Crippen molar-refractivity contribution in [2.24, 2.45) is 0 Å². The summed E-state index contributed by atoms with van der Waals surface area (Å²) >= 11 is 0. The average molecular weight is 236 g/mol. The molecule has 0 spiro atoms. The summed E-state index contributed by atoms with van der Waals surface area (Å²) in [6.07, 6.45) is 3.12. The van der Waals surface area contributed by atoms with Gasteiger partial charge in [-0.2, -0.15) is 0 Å². The molecule has 0 saturated carbocycles. The van der Waals surface area contributed by atoms with Gasteiger partial charge < -0.3 is 9.84 Å². The quantitative estimate of drug-likeness (QED) is 0.790. The lowest BCUT2D eigenvalue weighted by molar-refractivity contribution is -0.136. The van der Waals surface area contributed by atoms with Gasteiger partial charge in [0.1, 0.15) is 5.75 Å². The van der Waals surface area contributed by atoms with Crippen molar-refractivity contribution in [3.05, 3.63) is 29.8 Å². The van der Waals surface area contributed by atoms with Crippen molar-refractivity contribution in [3.63, 3.8) is 0 Å². The molecule has 0 saturated heterocycles. The Kier molecular flexibility index (Phi) is 5.53. The topological polar surface area (TPSA) is 46.5 Å². The second-order valence-corrected chi connectivity index (χ2v) is 4.25. The molecule has 94 valence electrons. The number of carboxylic acid groups (broad SMARTS) is 1. The van der Waals surface area contributed by atoms with Crippen molar-refractivity contribution in [3.8, 4) is 5.75 Å². The zero-order valence-electron chi connectivity index (χ0n) is 10.5. The van der Waals surface area contributed by atoms with E-state index in [9.17, 15) is 4.79 Å². The Bertz CT molecular complexity index is 343. The molecule has 0 bridgehead atoms. The fourth-order valence-electron chi connectivity index (χ4n) is 1.68. The minimum Gasteiger partial charge on any atom is -0.491 e. The Balaban J connectivity index is 2.47. The number of carbonyl (C=O) groups is 1. The van der Waals surface area contributed by atoms with Gasteiger partial charge in [0, 0.05) is 6.42 Å². The largest absolute Gasteiger partial charge is 0.491 e. The smallest absolute Gasteiger partial charge is 0.303 e. The molecule has 0 fully saturated rings. The summed E-state index contributed by atoms with van der Waals surface area (Å²) in [7, 11) is 0. The van der Waals surface area contributed by atoms with Crippen LogP contribution >= 0.6 is 0 Å². The monoisotopic (exact) mass is 236 g/mol. The molecule has 0 aliphatic rings. The molecule has 0 amide bonds. The van der Waals surface area contributed by atoms with E-state index in [0.717, 1.165) is 24.2 Å². The Labute approximate surface area is 102 Å². The van der Waals surface area contributed by atoms with Crippen molar-refractivity contribution in [2.75, 3.05) is 0 Å². The number of benzene rings is 1. The maximum atomic E-state index is 10.4. The maximum Gasteiger partial charge on any atom is 0.303 e. The second-order valence-electron chi connectivity index (χ2n) is 4.25. The van der Waals surface area contributed by atoms with Crippen LogP contribution in [0.2, 0.25) is 0 Å². The molecule has 0 aromatic heterocycles. The molecule has 0 radical (unpaired) electrons. The fraction of sp³-hybridized carbons (Fsp3) is 0.500. The minimum absolute atomic E-state index is 0.173. The number of hydrogen-bond acceptors (Lipinski definition) is 2. The normalized spacial score (nSPS) is 12.1. The lowest BCUT2D eigenvalue weighted by atomic mass is 10.1. The molecule has 1 atom stereocenters.